The highest BCUT2D eigenvalue weighted by Gasteiger charge is 2.26. The molecule has 0 aromatic carbocycles. The van der Waals surface area contributed by atoms with E-state index < -0.39 is 0 Å². The molecule has 2 aromatic rings. The van der Waals surface area contributed by atoms with Gasteiger partial charge in [0.2, 0.25) is 0 Å². The van der Waals surface area contributed by atoms with Gasteiger partial charge in [-0.15, -0.1) is 22.7 Å². The molecule has 6 heteroatoms. The quantitative estimate of drug-likeness (QED) is 0.854. The van der Waals surface area contributed by atoms with Crippen molar-refractivity contribution in [3.63, 3.8) is 0 Å². The van der Waals surface area contributed by atoms with Crippen LogP contribution in [0.1, 0.15) is 47.5 Å². The van der Waals surface area contributed by atoms with Crippen molar-refractivity contribution in [2.75, 3.05) is 19.7 Å². The fourth-order valence-corrected chi connectivity index (χ4v) is 4.40. The summed E-state index contributed by atoms with van der Waals surface area (Å²) >= 11 is 3.50. The number of aryl methyl sites for hydroxylation is 1. The minimum absolute atomic E-state index is 0.100. The molecule has 3 heterocycles. The molecule has 1 aliphatic heterocycles. The second kappa shape index (κ2) is 6.35. The Hall–Kier alpha value is -0.820. The van der Waals surface area contributed by atoms with Crippen LogP contribution in [-0.4, -0.2) is 34.6 Å². The standard InChI is InChI=1S/C16H23N3OS2/c1-11-17-7-12(22-11)8-19-5-6-20-13(9-19)15-18-14(10-21-15)16(2,3)4/h7,10,13H,5-6,8-9H2,1-4H3/t13-/m0/s1. The van der Waals surface area contributed by atoms with E-state index in [1.165, 1.54) is 4.88 Å². The highest BCUT2D eigenvalue weighted by atomic mass is 32.1. The molecule has 0 radical (unpaired) electrons. The Balaban J connectivity index is 1.66. The van der Waals surface area contributed by atoms with Gasteiger partial charge in [0, 0.05) is 41.5 Å². The average Bonchev–Trinajstić information content (AvgIpc) is 3.08. The van der Waals surface area contributed by atoms with Crippen LogP contribution in [0.15, 0.2) is 11.6 Å². The largest absolute Gasteiger partial charge is 0.368 e. The van der Waals surface area contributed by atoms with Crippen molar-refractivity contribution >= 4 is 22.7 Å². The third-order valence-electron chi connectivity index (χ3n) is 3.76. The number of morpholine rings is 1. The summed E-state index contributed by atoms with van der Waals surface area (Å²) in [6.07, 6.45) is 2.09. The van der Waals surface area contributed by atoms with Crippen LogP contribution in [0.3, 0.4) is 0 Å². The molecule has 0 spiro atoms. The van der Waals surface area contributed by atoms with Crippen molar-refractivity contribution < 1.29 is 4.74 Å². The van der Waals surface area contributed by atoms with Crippen LogP contribution in [0.25, 0.3) is 0 Å². The third-order valence-corrected chi connectivity index (χ3v) is 5.60. The van der Waals surface area contributed by atoms with E-state index >= 15 is 0 Å². The monoisotopic (exact) mass is 337 g/mol. The average molecular weight is 338 g/mol. The molecule has 0 unspecified atom stereocenters. The Morgan fingerprint density at radius 1 is 1.41 bits per heavy atom. The van der Waals surface area contributed by atoms with Gasteiger partial charge in [-0.1, -0.05) is 20.8 Å². The molecule has 2 aromatic heterocycles. The summed E-state index contributed by atoms with van der Waals surface area (Å²) in [6, 6.07) is 0. The van der Waals surface area contributed by atoms with Gasteiger partial charge in [0.1, 0.15) is 11.1 Å². The number of hydrogen-bond donors (Lipinski definition) is 0. The van der Waals surface area contributed by atoms with E-state index in [-0.39, 0.29) is 11.5 Å². The maximum Gasteiger partial charge on any atom is 0.123 e. The molecule has 0 bridgehead atoms. The summed E-state index contributed by atoms with van der Waals surface area (Å²) in [6.45, 7) is 12.3. The van der Waals surface area contributed by atoms with Crippen molar-refractivity contribution in [2.45, 2.75) is 45.8 Å². The lowest BCUT2D eigenvalue weighted by atomic mass is 9.93. The molecule has 4 nitrogen and oxygen atoms in total. The van der Waals surface area contributed by atoms with Gasteiger partial charge >= 0.3 is 0 Å². The van der Waals surface area contributed by atoms with E-state index in [1.54, 1.807) is 22.7 Å². The van der Waals surface area contributed by atoms with E-state index in [0.29, 0.717) is 0 Å². The van der Waals surface area contributed by atoms with E-state index in [2.05, 4.69) is 43.0 Å². The van der Waals surface area contributed by atoms with Crippen LogP contribution in [0.5, 0.6) is 0 Å². The van der Waals surface area contributed by atoms with Gasteiger partial charge in [0.25, 0.3) is 0 Å². The van der Waals surface area contributed by atoms with Crippen LogP contribution < -0.4 is 0 Å². The lowest BCUT2D eigenvalue weighted by Gasteiger charge is -2.31. The van der Waals surface area contributed by atoms with E-state index in [1.807, 2.05) is 6.20 Å². The number of aromatic nitrogens is 2. The summed E-state index contributed by atoms with van der Waals surface area (Å²) in [5.74, 6) is 0. The zero-order valence-electron chi connectivity index (χ0n) is 13.6. The van der Waals surface area contributed by atoms with Crippen molar-refractivity contribution in [3.05, 3.63) is 32.2 Å². The lowest BCUT2D eigenvalue weighted by molar-refractivity contribution is -0.0328. The summed E-state index contributed by atoms with van der Waals surface area (Å²) < 4.78 is 5.96. The van der Waals surface area contributed by atoms with Gasteiger partial charge in [-0.2, -0.15) is 0 Å². The summed E-state index contributed by atoms with van der Waals surface area (Å²) in [4.78, 5) is 12.9. The molecule has 1 aliphatic rings. The first kappa shape index (κ1) is 16.1. The van der Waals surface area contributed by atoms with Crippen LogP contribution in [0.4, 0.5) is 0 Å². The fourth-order valence-electron chi connectivity index (χ4n) is 2.47. The number of rotatable bonds is 3. The number of hydrogen-bond acceptors (Lipinski definition) is 6. The molecule has 0 amide bonds. The van der Waals surface area contributed by atoms with Crippen molar-refractivity contribution in [1.29, 1.82) is 0 Å². The predicted octanol–water partition coefficient (Wildman–Crippen LogP) is 3.78. The zero-order chi connectivity index (χ0) is 15.7. The minimum atomic E-state index is 0.100. The Morgan fingerprint density at radius 2 is 2.23 bits per heavy atom. The molecular weight excluding hydrogens is 314 g/mol. The molecule has 1 atom stereocenters. The second-order valence-electron chi connectivity index (χ2n) is 6.76. The van der Waals surface area contributed by atoms with Gasteiger partial charge in [-0.25, -0.2) is 9.97 Å². The van der Waals surface area contributed by atoms with Crippen LogP contribution in [0.2, 0.25) is 0 Å². The van der Waals surface area contributed by atoms with Crippen molar-refractivity contribution in [3.8, 4) is 0 Å². The second-order valence-corrected chi connectivity index (χ2v) is 8.97. The lowest BCUT2D eigenvalue weighted by Crippen LogP contribution is -2.37. The number of nitrogens with zero attached hydrogens (tertiary/aromatic N) is 3. The third kappa shape index (κ3) is 3.74. The van der Waals surface area contributed by atoms with Gasteiger partial charge in [0.05, 0.1) is 17.3 Å². The molecule has 120 valence electrons. The minimum Gasteiger partial charge on any atom is -0.368 e. The molecule has 1 saturated heterocycles. The van der Waals surface area contributed by atoms with Crippen LogP contribution in [-0.2, 0) is 16.7 Å². The maximum atomic E-state index is 5.96. The molecule has 0 saturated carbocycles. The Bertz CT molecular complexity index is 629. The molecule has 3 rings (SSSR count). The van der Waals surface area contributed by atoms with E-state index in [0.717, 1.165) is 42.0 Å². The molecular formula is C16H23N3OS2. The fraction of sp³-hybridized carbons (Fsp3) is 0.625. The maximum absolute atomic E-state index is 5.96. The van der Waals surface area contributed by atoms with Crippen molar-refractivity contribution in [1.82, 2.24) is 14.9 Å². The normalized spacial score (nSPS) is 20.5. The topological polar surface area (TPSA) is 38.2 Å². The van der Waals surface area contributed by atoms with Gasteiger partial charge in [-0.3, -0.25) is 4.90 Å². The molecule has 1 fully saturated rings. The number of ether oxygens (including phenoxy) is 1. The van der Waals surface area contributed by atoms with Crippen molar-refractivity contribution in [2.24, 2.45) is 0 Å². The van der Waals surface area contributed by atoms with Gasteiger partial charge < -0.3 is 4.74 Å². The SMILES string of the molecule is Cc1ncc(CN2CCO[C@H](c3nc(C(C)(C)C)cs3)C2)s1. The van der Waals surface area contributed by atoms with Crippen LogP contribution in [0, 0.1) is 6.92 Å². The first-order valence-electron chi connectivity index (χ1n) is 7.63. The first-order chi connectivity index (χ1) is 10.4. The molecule has 0 aliphatic carbocycles. The van der Waals surface area contributed by atoms with E-state index in [4.69, 9.17) is 9.72 Å². The highest BCUT2D eigenvalue weighted by Crippen LogP contribution is 2.30. The van der Waals surface area contributed by atoms with Crippen LogP contribution >= 0.6 is 22.7 Å². The number of thiazole rings is 2. The summed E-state index contributed by atoms with van der Waals surface area (Å²) in [7, 11) is 0. The summed E-state index contributed by atoms with van der Waals surface area (Å²) in [5.41, 5.74) is 1.26. The Morgan fingerprint density at radius 3 is 2.86 bits per heavy atom. The summed E-state index contributed by atoms with van der Waals surface area (Å²) in [5, 5.41) is 4.41. The predicted molar refractivity (Wildman–Crippen MR) is 91.6 cm³/mol. The van der Waals surface area contributed by atoms with E-state index in [9.17, 15) is 0 Å². The first-order valence-corrected chi connectivity index (χ1v) is 9.32. The Kier molecular flexibility index (Phi) is 4.64. The molecule has 0 N–H and O–H groups in total. The Labute approximate surface area is 140 Å². The zero-order valence-corrected chi connectivity index (χ0v) is 15.3. The molecule has 22 heavy (non-hydrogen) atoms. The van der Waals surface area contributed by atoms with Gasteiger partial charge in [0.15, 0.2) is 0 Å². The highest BCUT2D eigenvalue weighted by molar-refractivity contribution is 7.11. The smallest absolute Gasteiger partial charge is 0.123 e. The van der Waals surface area contributed by atoms with Gasteiger partial charge in [-0.05, 0) is 6.92 Å².